The van der Waals surface area contributed by atoms with Crippen molar-refractivity contribution in [3.8, 4) is 5.69 Å². The van der Waals surface area contributed by atoms with E-state index in [-0.39, 0.29) is 5.69 Å². The first kappa shape index (κ1) is 10.1. The summed E-state index contributed by atoms with van der Waals surface area (Å²) < 4.78 is 1.56. The second-order valence-corrected chi connectivity index (χ2v) is 3.72. The highest BCUT2D eigenvalue weighted by atomic mass is 35.5. The van der Waals surface area contributed by atoms with Crippen LogP contribution < -0.4 is 5.69 Å². The molecule has 0 aliphatic carbocycles. The number of imidazole rings is 1. The van der Waals surface area contributed by atoms with E-state index in [4.69, 9.17) is 11.6 Å². The van der Waals surface area contributed by atoms with Crippen molar-refractivity contribution in [2.45, 2.75) is 13.3 Å². The number of aromatic nitrogens is 2. The van der Waals surface area contributed by atoms with E-state index in [1.54, 1.807) is 22.9 Å². The average Bonchev–Trinajstić information content (AvgIpc) is 2.60. The summed E-state index contributed by atoms with van der Waals surface area (Å²) in [5, 5.41) is 0.624. The molecule has 1 N–H and O–H groups in total. The molecule has 78 valence electrons. The Morgan fingerprint density at radius 1 is 1.47 bits per heavy atom. The maximum absolute atomic E-state index is 11.6. The quantitative estimate of drug-likeness (QED) is 0.833. The second-order valence-electron chi connectivity index (χ2n) is 3.29. The summed E-state index contributed by atoms with van der Waals surface area (Å²) in [5.41, 5.74) is 1.57. The van der Waals surface area contributed by atoms with Gasteiger partial charge in [0.05, 0.1) is 5.69 Å². The Bertz CT molecular complexity index is 527. The van der Waals surface area contributed by atoms with Crippen molar-refractivity contribution in [2.24, 2.45) is 0 Å². The highest BCUT2D eigenvalue weighted by Gasteiger charge is 2.03. The lowest BCUT2D eigenvalue weighted by Gasteiger charge is -2.00. The lowest BCUT2D eigenvalue weighted by molar-refractivity contribution is 0.985. The van der Waals surface area contributed by atoms with Gasteiger partial charge in [-0.05, 0) is 24.6 Å². The van der Waals surface area contributed by atoms with E-state index in [0.717, 1.165) is 17.8 Å². The molecule has 0 atom stereocenters. The molecule has 0 unspecified atom stereocenters. The van der Waals surface area contributed by atoms with E-state index >= 15 is 0 Å². The molecule has 1 aromatic carbocycles. The number of H-pyrrole nitrogens is 1. The fourth-order valence-corrected chi connectivity index (χ4v) is 1.63. The van der Waals surface area contributed by atoms with Crippen molar-refractivity contribution in [3.63, 3.8) is 0 Å². The third kappa shape index (κ3) is 1.97. The Hall–Kier alpha value is -1.48. The highest BCUT2D eigenvalue weighted by molar-refractivity contribution is 6.30. The monoisotopic (exact) mass is 222 g/mol. The van der Waals surface area contributed by atoms with Crippen molar-refractivity contribution >= 4 is 11.6 Å². The van der Waals surface area contributed by atoms with Crippen LogP contribution in [0.3, 0.4) is 0 Å². The number of aryl methyl sites for hydroxylation is 1. The second kappa shape index (κ2) is 3.95. The maximum Gasteiger partial charge on any atom is 0.330 e. The van der Waals surface area contributed by atoms with Gasteiger partial charge in [0.2, 0.25) is 0 Å². The third-order valence-corrected chi connectivity index (χ3v) is 2.47. The van der Waals surface area contributed by atoms with Gasteiger partial charge in [-0.15, -0.1) is 0 Å². The lowest BCUT2D eigenvalue weighted by atomic mass is 10.3. The topological polar surface area (TPSA) is 37.8 Å². The predicted octanol–water partition coefficient (Wildman–Crippen LogP) is 2.38. The maximum atomic E-state index is 11.6. The molecule has 0 aliphatic rings. The van der Waals surface area contributed by atoms with Crippen molar-refractivity contribution < 1.29 is 0 Å². The summed E-state index contributed by atoms with van der Waals surface area (Å²) in [4.78, 5) is 14.4. The Kier molecular flexibility index (Phi) is 2.64. The van der Waals surface area contributed by atoms with Crippen LogP contribution in [-0.4, -0.2) is 9.55 Å². The zero-order chi connectivity index (χ0) is 10.8. The van der Waals surface area contributed by atoms with Crippen molar-refractivity contribution in [1.82, 2.24) is 9.55 Å². The van der Waals surface area contributed by atoms with Gasteiger partial charge in [0.1, 0.15) is 0 Å². The number of hydrogen-bond acceptors (Lipinski definition) is 1. The Morgan fingerprint density at radius 2 is 2.27 bits per heavy atom. The van der Waals surface area contributed by atoms with Gasteiger partial charge in [-0.25, -0.2) is 4.79 Å². The summed E-state index contributed by atoms with van der Waals surface area (Å²) in [6.07, 6.45) is 2.61. The van der Waals surface area contributed by atoms with E-state index in [1.807, 2.05) is 19.1 Å². The van der Waals surface area contributed by atoms with E-state index in [2.05, 4.69) is 4.98 Å². The fraction of sp³-hybridized carbons (Fsp3) is 0.182. The van der Waals surface area contributed by atoms with Crippen LogP contribution >= 0.6 is 11.6 Å². The number of nitrogens with one attached hydrogen (secondary N) is 1. The molecular weight excluding hydrogens is 212 g/mol. The van der Waals surface area contributed by atoms with Crippen LogP contribution in [0.25, 0.3) is 5.69 Å². The summed E-state index contributed by atoms with van der Waals surface area (Å²) in [6.45, 7) is 1.99. The number of hydrogen-bond donors (Lipinski definition) is 1. The first-order chi connectivity index (χ1) is 7.20. The van der Waals surface area contributed by atoms with Gasteiger partial charge in [0.25, 0.3) is 0 Å². The van der Waals surface area contributed by atoms with Gasteiger partial charge in [0.15, 0.2) is 0 Å². The molecule has 2 rings (SSSR count). The van der Waals surface area contributed by atoms with Crippen LogP contribution in [0.15, 0.2) is 35.3 Å². The fourth-order valence-electron chi connectivity index (χ4n) is 1.44. The molecule has 0 spiro atoms. The standard InChI is InChI=1S/C11H11ClN2O/c1-2-9-7-14(11(15)13-9)10-5-3-4-8(12)6-10/h3-7H,2H2,1H3,(H,13,15). The minimum atomic E-state index is -0.130. The van der Waals surface area contributed by atoms with Gasteiger partial charge < -0.3 is 4.98 Å². The van der Waals surface area contributed by atoms with Crippen LogP contribution in [0.5, 0.6) is 0 Å². The summed E-state index contributed by atoms with van der Waals surface area (Å²) in [7, 11) is 0. The molecule has 2 aromatic rings. The molecule has 0 bridgehead atoms. The number of halogens is 1. The zero-order valence-corrected chi connectivity index (χ0v) is 9.08. The molecular formula is C11H11ClN2O. The van der Waals surface area contributed by atoms with Crippen LogP contribution in [0.4, 0.5) is 0 Å². The molecule has 1 aromatic heterocycles. The van der Waals surface area contributed by atoms with Crippen molar-refractivity contribution in [3.05, 3.63) is 51.7 Å². The van der Waals surface area contributed by atoms with Crippen molar-refractivity contribution in [2.75, 3.05) is 0 Å². The van der Waals surface area contributed by atoms with E-state index < -0.39 is 0 Å². The molecule has 0 saturated carbocycles. The minimum absolute atomic E-state index is 0.130. The predicted molar refractivity (Wildman–Crippen MR) is 60.8 cm³/mol. The Balaban J connectivity index is 2.54. The number of nitrogens with zero attached hydrogens (tertiary/aromatic N) is 1. The average molecular weight is 223 g/mol. The van der Waals surface area contributed by atoms with E-state index in [0.29, 0.717) is 5.02 Å². The molecule has 3 nitrogen and oxygen atoms in total. The van der Waals surface area contributed by atoms with Gasteiger partial charge in [0, 0.05) is 16.9 Å². The normalized spacial score (nSPS) is 10.5. The lowest BCUT2D eigenvalue weighted by Crippen LogP contribution is -2.13. The van der Waals surface area contributed by atoms with Crippen LogP contribution in [0, 0.1) is 0 Å². The summed E-state index contributed by atoms with van der Waals surface area (Å²) >= 11 is 5.86. The van der Waals surface area contributed by atoms with Crippen LogP contribution in [0.1, 0.15) is 12.6 Å². The molecule has 0 radical (unpaired) electrons. The minimum Gasteiger partial charge on any atom is -0.310 e. The SMILES string of the molecule is CCc1cn(-c2cccc(Cl)c2)c(=O)[nH]1. The van der Waals surface area contributed by atoms with Crippen LogP contribution in [0.2, 0.25) is 5.02 Å². The molecule has 0 aliphatic heterocycles. The Morgan fingerprint density at radius 3 is 2.87 bits per heavy atom. The first-order valence-corrected chi connectivity index (χ1v) is 5.15. The van der Waals surface area contributed by atoms with Gasteiger partial charge >= 0.3 is 5.69 Å². The first-order valence-electron chi connectivity index (χ1n) is 4.77. The molecule has 1 heterocycles. The molecule has 0 saturated heterocycles. The smallest absolute Gasteiger partial charge is 0.310 e. The van der Waals surface area contributed by atoms with E-state index in [9.17, 15) is 4.79 Å². The van der Waals surface area contributed by atoms with Gasteiger partial charge in [-0.1, -0.05) is 24.6 Å². The zero-order valence-electron chi connectivity index (χ0n) is 8.33. The summed E-state index contributed by atoms with van der Waals surface area (Å²) in [6, 6.07) is 7.21. The number of rotatable bonds is 2. The van der Waals surface area contributed by atoms with Gasteiger partial charge in [-0.3, -0.25) is 4.57 Å². The summed E-state index contributed by atoms with van der Waals surface area (Å²) in [5.74, 6) is 0. The van der Waals surface area contributed by atoms with Crippen LogP contribution in [-0.2, 0) is 6.42 Å². The third-order valence-electron chi connectivity index (χ3n) is 2.24. The highest BCUT2D eigenvalue weighted by Crippen LogP contribution is 2.13. The van der Waals surface area contributed by atoms with E-state index in [1.165, 1.54) is 0 Å². The van der Waals surface area contributed by atoms with Gasteiger partial charge in [-0.2, -0.15) is 0 Å². The molecule has 0 amide bonds. The molecule has 4 heteroatoms. The molecule has 0 fully saturated rings. The molecule has 15 heavy (non-hydrogen) atoms. The number of aromatic amines is 1. The van der Waals surface area contributed by atoms with Crippen molar-refractivity contribution in [1.29, 1.82) is 0 Å². The largest absolute Gasteiger partial charge is 0.330 e. The number of benzene rings is 1. The Labute approximate surface area is 92.3 Å².